The first-order chi connectivity index (χ1) is 17.0. The Hall–Kier alpha value is -3.18. The Bertz CT molecular complexity index is 1210. The van der Waals surface area contributed by atoms with Crippen LogP contribution in [0.25, 0.3) is 5.69 Å². The van der Waals surface area contributed by atoms with Gasteiger partial charge >= 0.3 is 6.18 Å². The Kier molecular flexibility index (Phi) is 7.51. The Morgan fingerprint density at radius 2 is 2.03 bits per heavy atom. The van der Waals surface area contributed by atoms with Gasteiger partial charge in [-0.05, 0) is 55.3 Å². The Labute approximate surface area is 209 Å². The monoisotopic (exact) mass is 526 g/mol. The number of hydrogen-bond acceptors (Lipinski definition) is 4. The van der Waals surface area contributed by atoms with Crippen molar-refractivity contribution in [2.45, 2.75) is 38.0 Å². The molecule has 1 aromatic carbocycles. The molecule has 2 amide bonds. The number of rotatable bonds is 7. The van der Waals surface area contributed by atoms with Crippen molar-refractivity contribution >= 4 is 29.2 Å². The second kappa shape index (κ2) is 10.4. The lowest BCUT2D eigenvalue weighted by molar-refractivity contribution is -0.211. The fourth-order valence-electron chi connectivity index (χ4n) is 3.98. The topological polar surface area (TPSA) is 85.2 Å². The van der Waals surface area contributed by atoms with Crippen LogP contribution in [0.4, 0.5) is 23.4 Å². The summed E-state index contributed by atoms with van der Waals surface area (Å²) in [5, 5.41) is 10.2. The molecule has 0 radical (unpaired) electrons. The van der Waals surface area contributed by atoms with Crippen molar-refractivity contribution in [3.05, 3.63) is 64.6 Å². The number of carbonyl (C=O) groups excluding carboxylic acids is 2. The predicted octanol–water partition coefficient (Wildman–Crippen LogP) is 4.83. The maximum Gasteiger partial charge on any atom is 0.414 e. The van der Waals surface area contributed by atoms with E-state index < -0.39 is 29.9 Å². The summed E-state index contributed by atoms with van der Waals surface area (Å²) in [5.41, 5.74) is 1.43. The number of carbonyl (C=O) groups is 2. The summed E-state index contributed by atoms with van der Waals surface area (Å²) in [6.07, 6.45) is -3.77. The zero-order valence-electron chi connectivity index (χ0n) is 19.1. The van der Waals surface area contributed by atoms with Crippen molar-refractivity contribution in [2.24, 2.45) is 5.92 Å². The van der Waals surface area contributed by atoms with Gasteiger partial charge in [-0.1, -0.05) is 11.6 Å². The molecule has 0 bridgehead atoms. The molecule has 1 aromatic heterocycles. The minimum absolute atomic E-state index is 0.0671. The first-order valence-corrected chi connectivity index (χ1v) is 11.6. The number of ether oxygens (including phenoxy) is 1. The van der Waals surface area contributed by atoms with E-state index in [0.29, 0.717) is 22.0 Å². The fourth-order valence-corrected chi connectivity index (χ4v) is 4.11. The lowest BCUT2D eigenvalue weighted by Crippen LogP contribution is -2.29. The molecule has 0 spiro atoms. The van der Waals surface area contributed by atoms with E-state index in [1.165, 1.54) is 10.8 Å². The molecule has 2 N–H and O–H groups in total. The predicted molar refractivity (Wildman–Crippen MR) is 124 cm³/mol. The summed E-state index contributed by atoms with van der Waals surface area (Å²) in [6, 6.07) is 8.25. The molecule has 2 aromatic rings. The van der Waals surface area contributed by atoms with Gasteiger partial charge in [0.1, 0.15) is 5.83 Å². The van der Waals surface area contributed by atoms with Gasteiger partial charge in [0.25, 0.3) is 0 Å². The van der Waals surface area contributed by atoms with Crippen molar-refractivity contribution in [1.82, 2.24) is 15.1 Å². The first kappa shape index (κ1) is 25.9. The SMILES string of the molecule is C[C@@H](OCC1=CC(F)=CC(c2cc(NC(=O)C3CNC(=O)C3)nn2-c2ccc(Cl)cc2)C1)C(F)(F)F. The molecule has 1 aliphatic carbocycles. The smallest absolute Gasteiger partial charge is 0.365 e. The number of anilines is 1. The maximum absolute atomic E-state index is 14.5. The zero-order valence-corrected chi connectivity index (χ0v) is 19.9. The molecule has 1 saturated heterocycles. The molecular formula is C24H23ClF4N4O3. The van der Waals surface area contributed by atoms with E-state index in [2.05, 4.69) is 15.7 Å². The summed E-state index contributed by atoms with van der Waals surface area (Å²) in [4.78, 5) is 24.1. The second-order valence-electron chi connectivity index (χ2n) is 8.70. The molecule has 12 heteroatoms. The summed E-state index contributed by atoms with van der Waals surface area (Å²) < 4.78 is 59.4. The van der Waals surface area contributed by atoms with Crippen molar-refractivity contribution in [2.75, 3.05) is 18.5 Å². The highest BCUT2D eigenvalue weighted by Gasteiger charge is 2.37. The van der Waals surface area contributed by atoms with Crippen LogP contribution in [0.2, 0.25) is 5.02 Å². The molecule has 0 saturated carbocycles. The van der Waals surface area contributed by atoms with Crippen LogP contribution in [0.1, 0.15) is 31.4 Å². The highest BCUT2D eigenvalue weighted by Crippen LogP contribution is 2.35. The van der Waals surface area contributed by atoms with Gasteiger partial charge in [-0.3, -0.25) is 9.59 Å². The van der Waals surface area contributed by atoms with Crippen molar-refractivity contribution in [3.8, 4) is 5.69 Å². The van der Waals surface area contributed by atoms with Crippen molar-refractivity contribution < 1.29 is 31.9 Å². The van der Waals surface area contributed by atoms with E-state index in [9.17, 15) is 27.2 Å². The lowest BCUT2D eigenvalue weighted by atomic mass is 9.91. The molecule has 3 atom stereocenters. The van der Waals surface area contributed by atoms with Gasteiger partial charge in [0.05, 0.1) is 23.9 Å². The quantitative estimate of drug-likeness (QED) is 0.506. The largest absolute Gasteiger partial charge is 0.414 e. The van der Waals surface area contributed by atoms with Crippen LogP contribution in [0.5, 0.6) is 0 Å². The highest BCUT2D eigenvalue weighted by molar-refractivity contribution is 6.30. The number of nitrogens with one attached hydrogen (secondary N) is 2. The van der Waals surface area contributed by atoms with E-state index >= 15 is 0 Å². The highest BCUT2D eigenvalue weighted by atomic mass is 35.5. The van der Waals surface area contributed by atoms with Crippen LogP contribution in [-0.2, 0) is 14.3 Å². The molecule has 4 rings (SSSR count). The van der Waals surface area contributed by atoms with Gasteiger partial charge in [-0.15, -0.1) is 5.10 Å². The van der Waals surface area contributed by atoms with Crippen LogP contribution >= 0.6 is 11.6 Å². The number of halogens is 5. The fraction of sp³-hybridized carbons (Fsp3) is 0.375. The number of hydrogen-bond donors (Lipinski definition) is 2. The van der Waals surface area contributed by atoms with Gasteiger partial charge < -0.3 is 15.4 Å². The van der Waals surface area contributed by atoms with Gasteiger partial charge in [0, 0.05) is 30.0 Å². The third-order valence-corrected chi connectivity index (χ3v) is 6.20. The van der Waals surface area contributed by atoms with E-state index in [-0.39, 0.29) is 43.6 Å². The molecule has 2 heterocycles. The second-order valence-corrected chi connectivity index (χ2v) is 9.13. The van der Waals surface area contributed by atoms with E-state index in [1.807, 2.05) is 0 Å². The van der Waals surface area contributed by atoms with Gasteiger partial charge in [-0.25, -0.2) is 9.07 Å². The molecule has 36 heavy (non-hydrogen) atoms. The Balaban J connectivity index is 1.59. The van der Waals surface area contributed by atoms with E-state index in [0.717, 1.165) is 13.0 Å². The standard InChI is InChI=1S/C24H23ClF4N4O3/c1-13(24(27,28)29)36-12-14-6-15(8-18(26)7-14)20-10-21(31-23(35)16-9-22(34)30-11-16)32-33(20)19-4-2-17(25)3-5-19/h2-5,7-8,10,13,15-16H,6,9,11-12H2,1H3,(H,30,34)(H,31,32,35)/t13-,15?,16?/m1/s1. The number of amides is 2. The van der Waals surface area contributed by atoms with E-state index in [4.69, 9.17) is 16.3 Å². The number of aromatic nitrogens is 2. The number of benzene rings is 1. The number of nitrogens with zero attached hydrogens (tertiary/aromatic N) is 2. The van der Waals surface area contributed by atoms with Crippen molar-refractivity contribution in [1.29, 1.82) is 0 Å². The Morgan fingerprint density at radius 1 is 1.31 bits per heavy atom. The molecule has 192 valence electrons. The van der Waals surface area contributed by atoms with Crippen LogP contribution in [-0.4, -0.2) is 47.0 Å². The van der Waals surface area contributed by atoms with E-state index in [1.54, 1.807) is 30.3 Å². The normalized spacial score (nSPS) is 21.0. The molecule has 1 fully saturated rings. The minimum atomic E-state index is -4.53. The minimum Gasteiger partial charge on any atom is -0.365 e. The summed E-state index contributed by atoms with van der Waals surface area (Å²) in [6.45, 7) is 0.724. The summed E-state index contributed by atoms with van der Waals surface area (Å²) in [7, 11) is 0. The summed E-state index contributed by atoms with van der Waals surface area (Å²) >= 11 is 6.00. The van der Waals surface area contributed by atoms with Gasteiger partial charge in [-0.2, -0.15) is 13.2 Å². The molecule has 2 aliphatic rings. The number of alkyl halides is 3. The third kappa shape index (κ3) is 6.14. The molecule has 1 aliphatic heterocycles. The van der Waals surface area contributed by atoms with Crippen LogP contribution < -0.4 is 10.6 Å². The average molecular weight is 527 g/mol. The lowest BCUT2D eigenvalue weighted by Gasteiger charge is -2.22. The van der Waals surface area contributed by atoms with Crippen LogP contribution in [0, 0.1) is 5.92 Å². The van der Waals surface area contributed by atoms with Crippen molar-refractivity contribution in [3.63, 3.8) is 0 Å². The summed E-state index contributed by atoms with van der Waals surface area (Å²) in [5.74, 6) is -2.17. The maximum atomic E-state index is 14.5. The third-order valence-electron chi connectivity index (χ3n) is 5.95. The zero-order chi connectivity index (χ0) is 26.0. The molecular weight excluding hydrogens is 504 g/mol. The van der Waals surface area contributed by atoms with Crippen LogP contribution in [0.3, 0.4) is 0 Å². The first-order valence-electron chi connectivity index (χ1n) is 11.2. The molecule has 7 nitrogen and oxygen atoms in total. The number of allylic oxidation sites excluding steroid dienone is 3. The van der Waals surface area contributed by atoms with Crippen LogP contribution in [0.15, 0.2) is 53.9 Å². The average Bonchev–Trinajstić information content (AvgIpc) is 3.43. The molecule has 2 unspecified atom stereocenters. The van der Waals surface area contributed by atoms with Gasteiger partial charge in [0.15, 0.2) is 11.9 Å². The Morgan fingerprint density at radius 3 is 2.67 bits per heavy atom. The van der Waals surface area contributed by atoms with Gasteiger partial charge in [0.2, 0.25) is 11.8 Å².